The monoisotopic (exact) mass is 185 g/mol. The molecule has 0 N–H and O–H groups in total. The largest absolute Gasteiger partial charge is 0.269 e. The molecule has 3 heteroatoms. The summed E-state index contributed by atoms with van der Waals surface area (Å²) >= 11 is 0. The Morgan fingerprint density at radius 1 is 1.43 bits per heavy atom. The van der Waals surface area contributed by atoms with Crippen molar-refractivity contribution < 1.29 is 0 Å². The average molecular weight is 185 g/mol. The summed E-state index contributed by atoms with van der Waals surface area (Å²) < 4.78 is 1.88. The van der Waals surface area contributed by atoms with Crippen LogP contribution in [-0.4, -0.2) is 9.78 Å². The maximum atomic E-state index is 8.90. The van der Waals surface area contributed by atoms with Crippen LogP contribution < -0.4 is 0 Å². The minimum absolute atomic E-state index is 0.328. The Balaban J connectivity index is 2.72. The van der Waals surface area contributed by atoms with Crippen molar-refractivity contribution in [2.75, 3.05) is 0 Å². The molecule has 0 aliphatic heterocycles. The van der Waals surface area contributed by atoms with Crippen LogP contribution >= 0.6 is 0 Å². The first kappa shape index (κ1) is 8.76. The van der Waals surface area contributed by atoms with Gasteiger partial charge in [-0.2, -0.15) is 10.4 Å². The van der Waals surface area contributed by atoms with Gasteiger partial charge < -0.3 is 0 Å². The molecule has 0 saturated carbocycles. The molecule has 0 unspecified atom stereocenters. The Labute approximate surface area is 82.6 Å². The quantitative estimate of drug-likeness (QED) is 0.684. The zero-order chi connectivity index (χ0) is 10.1. The Kier molecular flexibility index (Phi) is 1.97. The molecule has 70 valence electrons. The second-order valence-electron chi connectivity index (χ2n) is 3.55. The zero-order valence-corrected chi connectivity index (χ0v) is 8.23. The van der Waals surface area contributed by atoms with Gasteiger partial charge in [-0.1, -0.05) is 6.07 Å². The van der Waals surface area contributed by atoms with Gasteiger partial charge in [0, 0.05) is 17.6 Å². The molecule has 0 fully saturated rings. The van der Waals surface area contributed by atoms with Crippen LogP contribution in [0.4, 0.5) is 0 Å². The van der Waals surface area contributed by atoms with E-state index in [1.54, 1.807) is 0 Å². The molecule has 0 radical (unpaired) electrons. The fraction of sp³-hybridized carbons (Fsp3) is 0.273. The third-order valence-corrected chi connectivity index (χ3v) is 2.22. The molecule has 2 aromatic rings. The predicted molar refractivity (Wildman–Crippen MR) is 54.8 cm³/mol. The van der Waals surface area contributed by atoms with Gasteiger partial charge in [0.2, 0.25) is 0 Å². The maximum absolute atomic E-state index is 8.90. The second kappa shape index (κ2) is 3.15. The van der Waals surface area contributed by atoms with Gasteiger partial charge in [-0.15, -0.1) is 0 Å². The van der Waals surface area contributed by atoms with E-state index in [0.717, 1.165) is 10.9 Å². The Morgan fingerprint density at radius 2 is 2.21 bits per heavy atom. The van der Waals surface area contributed by atoms with Gasteiger partial charge in [0.1, 0.15) is 0 Å². The van der Waals surface area contributed by atoms with Gasteiger partial charge in [-0.3, -0.25) is 4.68 Å². The lowest BCUT2D eigenvalue weighted by Crippen LogP contribution is -1.99. The smallest absolute Gasteiger partial charge is 0.0999 e. The van der Waals surface area contributed by atoms with Gasteiger partial charge in [0.15, 0.2) is 0 Å². The number of benzene rings is 1. The van der Waals surface area contributed by atoms with Crippen molar-refractivity contribution in [2.45, 2.75) is 19.9 Å². The number of nitrogens with zero attached hydrogens (tertiary/aromatic N) is 3. The van der Waals surface area contributed by atoms with Crippen molar-refractivity contribution in [1.82, 2.24) is 9.78 Å². The molecule has 0 aliphatic carbocycles. The molecule has 3 nitrogen and oxygen atoms in total. The third kappa shape index (κ3) is 1.25. The maximum Gasteiger partial charge on any atom is 0.0999 e. The molecule has 1 aromatic heterocycles. The summed E-state index contributed by atoms with van der Waals surface area (Å²) in [5.41, 5.74) is 1.58. The van der Waals surface area contributed by atoms with Crippen LogP contribution in [0.15, 0.2) is 24.4 Å². The molecule has 0 saturated heterocycles. The van der Waals surface area contributed by atoms with E-state index < -0.39 is 0 Å². The molecule has 0 amide bonds. The molecular formula is C11H11N3. The lowest BCUT2D eigenvalue weighted by molar-refractivity contribution is 0.537. The number of fused-ring (bicyclic) bond motifs is 1. The minimum Gasteiger partial charge on any atom is -0.269 e. The van der Waals surface area contributed by atoms with E-state index in [4.69, 9.17) is 5.26 Å². The average Bonchev–Trinajstić information content (AvgIpc) is 2.60. The predicted octanol–water partition coefficient (Wildman–Crippen LogP) is 2.49. The molecule has 0 atom stereocenters. The first-order valence-electron chi connectivity index (χ1n) is 4.60. The van der Waals surface area contributed by atoms with Crippen molar-refractivity contribution in [3.63, 3.8) is 0 Å². The number of aromatic nitrogens is 2. The van der Waals surface area contributed by atoms with Crippen LogP contribution in [0.1, 0.15) is 25.5 Å². The SMILES string of the molecule is CC(C)n1cc2c(C#N)cccc2n1. The van der Waals surface area contributed by atoms with E-state index in [1.165, 1.54) is 0 Å². The van der Waals surface area contributed by atoms with Crippen LogP contribution in [0, 0.1) is 11.3 Å². The molecule has 2 rings (SSSR count). The molecule has 0 bridgehead atoms. The third-order valence-electron chi connectivity index (χ3n) is 2.22. The van der Waals surface area contributed by atoms with E-state index in [9.17, 15) is 0 Å². The normalized spacial score (nSPS) is 10.7. The highest BCUT2D eigenvalue weighted by atomic mass is 15.3. The highest BCUT2D eigenvalue weighted by Gasteiger charge is 2.06. The van der Waals surface area contributed by atoms with E-state index in [-0.39, 0.29) is 0 Å². The summed E-state index contributed by atoms with van der Waals surface area (Å²) in [6.45, 7) is 4.13. The summed E-state index contributed by atoms with van der Waals surface area (Å²) in [4.78, 5) is 0. The first-order valence-corrected chi connectivity index (χ1v) is 4.60. The molecule has 14 heavy (non-hydrogen) atoms. The lowest BCUT2D eigenvalue weighted by atomic mass is 10.1. The van der Waals surface area contributed by atoms with Crippen molar-refractivity contribution in [1.29, 1.82) is 5.26 Å². The Morgan fingerprint density at radius 3 is 2.86 bits per heavy atom. The van der Waals surface area contributed by atoms with E-state index >= 15 is 0 Å². The lowest BCUT2D eigenvalue weighted by Gasteiger charge is -2.02. The Hall–Kier alpha value is -1.82. The standard InChI is InChI=1S/C11H11N3/c1-8(2)14-7-10-9(6-12)4-3-5-11(10)13-14/h3-5,7-8H,1-2H3. The van der Waals surface area contributed by atoms with Crippen LogP contribution in [0.5, 0.6) is 0 Å². The Bertz CT molecular complexity index is 503. The molecule has 1 aromatic carbocycles. The van der Waals surface area contributed by atoms with Crippen LogP contribution in [0.3, 0.4) is 0 Å². The molecular weight excluding hydrogens is 174 g/mol. The van der Waals surface area contributed by atoms with Gasteiger partial charge >= 0.3 is 0 Å². The molecule has 0 spiro atoms. The van der Waals surface area contributed by atoms with Gasteiger partial charge in [-0.05, 0) is 26.0 Å². The minimum atomic E-state index is 0.328. The van der Waals surface area contributed by atoms with Crippen molar-refractivity contribution in [3.8, 4) is 6.07 Å². The second-order valence-corrected chi connectivity index (χ2v) is 3.55. The molecule has 1 heterocycles. The number of rotatable bonds is 1. The van der Waals surface area contributed by atoms with E-state index in [1.807, 2.05) is 29.1 Å². The van der Waals surface area contributed by atoms with Crippen molar-refractivity contribution in [2.24, 2.45) is 0 Å². The van der Waals surface area contributed by atoms with Crippen LogP contribution in [-0.2, 0) is 0 Å². The zero-order valence-electron chi connectivity index (χ0n) is 8.23. The highest BCUT2D eigenvalue weighted by Crippen LogP contribution is 2.18. The van der Waals surface area contributed by atoms with Crippen molar-refractivity contribution in [3.05, 3.63) is 30.0 Å². The summed E-state index contributed by atoms with van der Waals surface area (Å²) in [6.07, 6.45) is 1.93. The molecule has 0 aliphatic rings. The van der Waals surface area contributed by atoms with Crippen LogP contribution in [0.2, 0.25) is 0 Å². The van der Waals surface area contributed by atoms with Gasteiger partial charge in [0.05, 0.1) is 17.1 Å². The topological polar surface area (TPSA) is 41.6 Å². The summed E-state index contributed by atoms with van der Waals surface area (Å²) in [7, 11) is 0. The fourth-order valence-electron chi connectivity index (χ4n) is 1.42. The van der Waals surface area contributed by atoms with E-state index in [0.29, 0.717) is 11.6 Å². The fourth-order valence-corrected chi connectivity index (χ4v) is 1.42. The van der Waals surface area contributed by atoms with Crippen molar-refractivity contribution >= 4 is 10.9 Å². The van der Waals surface area contributed by atoms with Gasteiger partial charge in [-0.25, -0.2) is 0 Å². The first-order chi connectivity index (χ1) is 6.72. The highest BCUT2D eigenvalue weighted by molar-refractivity contribution is 5.84. The summed E-state index contributed by atoms with van der Waals surface area (Å²) in [5, 5.41) is 14.2. The summed E-state index contributed by atoms with van der Waals surface area (Å²) in [6, 6.07) is 8.10. The van der Waals surface area contributed by atoms with E-state index in [2.05, 4.69) is 25.0 Å². The van der Waals surface area contributed by atoms with Gasteiger partial charge in [0.25, 0.3) is 0 Å². The number of hydrogen-bond acceptors (Lipinski definition) is 2. The number of hydrogen-bond donors (Lipinski definition) is 0. The summed E-state index contributed by atoms with van der Waals surface area (Å²) in [5.74, 6) is 0. The number of nitriles is 1. The van der Waals surface area contributed by atoms with Crippen LogP contribution in [0.25, 0.3) is 10.9 Å².